The summed E-state index contributed by atoms with van der Waals surface area (Å²) in [7, 11) is 0. The van der Waals surface area contributed by atoms with E-state index in [1.807, 2.05) is 4.90 Å². The Bertz CT molecular complexity index is 470. The molecule has 102 valence electrons. The fourth-order valence-electron chi connectivity index (χ4n) is 2.15. The van der Waals surface area contributed by atoms with Gasteiger partial charge in [0.2, 0.25) is 5.91 Å². The molecule has 1 amide bonds. The standard InChI is InChI=1S/C13H17N3O3/c17-12(16-7-1-2-8-16)4-6-15-11-3-5-14-9-10(11)13(18)19/h3,5,9H,1-2,4,6-8H2,(H,14,15)(H,18,19). The molecule has 0 spiro atoms. The fraction of sp³-hybridized carbons (Fsp3) is 0.462. The molecule has 2 rings (SSSR count). The van der Waals surface area contributed by atoms with Crippen molar-refractivity contribution in [2.24, 2.45) is 0 Å². The SMILES string of the molecule is O=C(O)c1cnccc1NCCC(=O)N1CCCC1. The molecule has 2 N–H and O–H groups in total. The van der Waals surface area contributed by atoms with E-state index >= 15 is 0 Å². The Kier molecular flexibility index (Phi) is 4.33. The van der Waals surface area contributed by atoms with Crippen LogP contribution in [-0.2, 0) is 4.79 Å². The summed E-state index contributed by atoms with van der Waals surface area (Å²) in [5.41, 5.74) is 0.618. The van der Waals surface area contributed by atoms with Gasteiger partial charge in [-0.05, 0) is 18.9 Å². The number of carbonyl (C=O) groups is 2. The zero-order valence-corrected chi connectivity index (χ0v) is 10.6. The third-order valence-electron chi connectivity index (χ3n) is 3.16. The quantitative estimate of drug-likeness (QED) is 0.834. The largest absolute Gasteiger partial charge is 0.478 e. The Morgan fingerprint density at radius 1 is 1.37 bits per heavy atom. The summed E-state index contributed by atoms with van der Waals surface area (Å²) >= 11 is 0. The lowest BCUT2D eigenvalue weighted by Crippen LogP contribution is -2.29. The van der Waals surface area contributed by atoms with Gasteiger partial charge in [0.05, 0.1) is 5.69 Å². The monoisotopic (exact) mass is 263 g/mol. The van der Waals surface area contributed by atoms with E-state index in [9.17, 15) is 9.59 Å². The second kappa shape index (κ2) is 6.17. The first-order valence-electron chi connectivity index (χ1n) is 6.37. The number of carboxylic acid groups (broad SMARTS) is 1. The van der Waals surface area contributed by atoms with E-state index in [1.54, 1.807) is 6.07 Å². The van der Waals surface area contributed by atoms with Gasteiger partial charge in [-0.1, -0.05) is 0 Å². The zero-order valence-electron chi connectivity index (χ0n) is 10.6. The number of anilines is 1. The van der Waals surface area contributed by atoms with E-state index in [-0.39, 0.29) is 11.5 Å². The Hall–Kier alpha value is -2.11. The highest BCUT2D eigenvalue weighted by atomic mass is 16.4. The fourth-order valence-corrected chi connectivity index (χ4v) is 2.15. The summed E-state index contributed by atoms with van der Waals surface area (Å²) in [6.45, 7) is 2.11. The molecule has 6 heteroatoms. The van der Waals surface area contributed by atoms with Gasteiger partial charge >= 0.3 is 5.97 Å². The van der Waals surface area contributed by atoms with Crippen molar-refractivity contribution in [1.82, 2.24) is 9.88 Å². The maximum atomic E-state index is 11.8. The normalized spacial score (nSPS) is 14.4. The molecule has 0 unspecified atom stereocenters. The highest BCUT2D eigenvalue weighted by Crippen LogP contribution is 2.14. The molecule has 0 saturated carbocycles. The van der Waals surface area contributed by atoms with Crippen molar-refractivity contribution < 1.29 is 14.7 Å². The molecule has 0 aliphatic carbocycles. The van der Waals surface area contributed by atoms with E-state index in [0.29, 0.717) is 18.7 Å². The summed E-state index contributed by atoms with van der Waals surface area (Å²) in [6.07, 6.45) is 5.35. The molecule has 1 aromatic rings. The number of pyridine rings is 1. The number of nitrogens with zero attached hydrogens (tertiary/aromatic N) is 2. The Balaban J connectivity index is 1.85. The van der Waals surface area contributed by atoms with Gasteiger partial charge in [0, 0.05) is 38.4 Å². The van der Waals surface area contributed by atoms with Crippen LogP contribution in [-0.4, -0.2) is 46.5 Å². The molecule has 1 aromatic heterocycles. The minimum absolute atomic E-state index is 0.121. The number of aromatic carboxylic acids is 1. The Labute approximate surface area is 111 Å². The van der Waals surface area contributed by atoms with Crippen LogP contribution in [0.1, 0.15) is 29.6 Å². The number of aromatic nitrogens is 1. The van der Waals surface area contributed by atoms with Crippen molar-refractivity contribution in [3.8, 4) is 0 Å². The van der Waals surface area contributed by atoms with Gasteiger partial charge in [-0.2, -0.15) is 0 Å². The van der Waals surface area contributed by atoms with E-state index < -0.39 is 5.97 Å². The number of carbonyl (C=O) groups excluding carboxylic acids is 1. The van der Waals surface area contributed by atoms with Crippen molar-refractivity contribution in [2.75, 3.05) is 25.0 Å². The lowest BCUT2D eigenvalue weighted by atomic mass is 10.2. The summed E-state index contributed by atoms with van der Waals surface area (Å²) in [5.74, 6) is -0.905. The van der Waals surface area contributed by atoms with Crippen LogP contribution in [0.25, 0.3) is 0 Å². The second-order valence-corrected chi connectivity index (χ2v) is 4.49. The Morgan fingerprint density at radius 2 is 2.11 bits per heavy atom. The maximum absolute atomic E-state index is 11.8. The number of hydrogen-bond acceptors (Lipinski definition) is 4. The lowest BCUT2D eigenvalue weighted by molar-refractivity contribution is -0.129. The number of hydrogen-bond donors (Lipinski definition) is 2. The molecule has 0 radical (unpaired) electrons. The van der Waals surface area contributed by atoms with Crippen molar-refractivity contribution in [3.05, 3.63) is 24.0 Å². The van der Waals surface area contributed by atoms with Crippen LogP contribution in [0.4, 0.5) is 5.69 Å². The van der Waals surface area contributed by atoms with E-state index in [1.165, 1.54) is 12.4 Å². The predicted octanol–water partition coefficient (Wildman–Crippen LogP) is 1.20. The van der Waals surface area contributed by atoms with Crippen LogP contribution in [0.3, 0.4) is 0 Å². The second-order valence-electron chi connectivity index (χ2n) is 4.49. The first-order chi connectivity index (χ1) is 9.18. The van der Waals surface area contributed by atoms with E-state index in [4.69, 9.17) is 5.11 Å². The lowest BCUT2D eigenvalue weighted by Gasteiger charge is -2.15. The number of amides is 1. The summed E-state index contributed by atoms with van der Waals surface area (Å²) in [5, 5.41) is 12.0. The molecular formula is C13H17N3O3. The van der Waals surface area contributed by atoms with Crippen molar-refractivity contribution >= 4 is 17.6 Å². The van der Waals surface area contributed by atoms with Gasteiger partial charge in [0.25, 0.3) is 0 Å². The minimum atomic E-state index is -1.03. The molecule has 0 atom stereocenters. The highest BCUT2D eigenvalue weighted by molar-refractivity contribution is 5.93. The third-order valence-corrected chi connectivity index (χ3v) is 3.16. The predicted molar refractivity (Wildman–Crippen MR) is 70.1 cm³/mol. The van der Waals surface area contributed by atoms with Crippen LogP contribution in [0.15, 0.2) is 18.5 Å². The smallest absolute Gasteiger partial charge is 0.339 e. The van der Waals surface area contributed by atoms with Crippen LogP contribution in [0, 0.1) is 0 Å². The molecule has 0 bridgehead atoms. The van der Waals surface area contributed by atoms with E-state index in [0.717, 1.165) is 25.9 Å². The molecule has 1 aliphatic rings. The van der Waals surface area contributed by atoms with Gasteiger partial charge < -0.3 is 15.3 Å². The summed E-state index contributed by atoms with van der Waals surface area (Å²) in [4.78, 5) is 28.4. The molecule has 2 heterocycles. The molecule has 6 nitrogen and oxygen atoms in total. The van der Waals surface area contributed by atoms with Crippen molar-refractivity contribution in [1.29, 1.82) is 0 Å². The van der Waals surface area contributed by atoms with E-state index in [2.05, 4.69) is 10.3 Å². The summed E-state index contributed by atoms with van der Waals surface area (Å²) < 4.78 is 0. The number of carboxylic acids is 1. The average molecular weight is 263 g/mol. The highest BCUT2D eigenvalue weighted by Gasteiger charge is 2.17. The molecule has 0 aromatic carbocycles. The van der Waals surface area contributed by atoms with Crippen LogP contribution in [0.5, 0.6) is 0 Å². The molecule has 1 aliphatic heterocycles. The topological polar surface area (TPSA) is 82.5 Å². The third kappa shape index (κ3) is 3.43. The maximum Gasteiger partial charge on any atom is 0.339 e. The van der Waals surface area contributed by atoms with Gasteiger partial charge in [-0.3, -0.25) is 9.78 Å². The summed E-state index contributed by atoms with van der Waals surface area (Å²) in [6, 6.07) is 1.60. The van der Waals surface area contributed by atoms with Crippen molar-refractivity contribution in [3.63, 3.8) is 0 Å². The number of nitrogens with one attached hydrogen (secondary N) is 1. The van der Waals surface area contributed by atoms with Crippen LogP contribution < -0.4 is 5.32 Å². The molecular weight excluding hydrogens is 246 g/mol. The molecule has 19 heavy (non-hydrogen) atoms. The first-order valence-corrected chi connectivity index (χ1v) is 6.37. The average Bonchev–Trinajstić information content (AvgIpc) is 2.93. The van der Waals surface area contributed by atoms with Gasteiger partial charge in [0.15, 0.2) is 0 Å². The first kappa shape index (κ1) is 13.3. The molecule has 1 saturated heterocycles. The van der Waals surface area contributed by atoms with Gasteiger partial charge in [0.1, 0.15) is 5.56 Å². The minimum Gasteiger partial charge on any atom is -0.478 e. The van der Waals surface area contributed by atoms with Crippen LogP contribution in [0.2, 0.25) is 0 Å². The Morgan fingerprint density at radius 3 is 2.79 bits per heavy atom. The number of likely N-dealkylation sites (tertiary alicyclic amines) is 1. The number of rotatable bonds is 5. The van der Waals surface area contributed by atoms with Gasteiger partial charge in [-0.15, -0.1) is 0 Å². The molecule has 1 fully saturated rings. The van der Waals surface area contributed by atoms with Gasteiger partial charge in [-0.25, -0.2) is 4.79 Å². The zero-order chi connectivity index (χ0) is 13.7. The van der Waals surface area contributed by atoms with Crippen molar-refractivity contribution in [2.45, 2.75) is 19.3 Å². The van der Waals surface area contributed by atoms with Crippen LogP contribution >= 0.6 is 0 Å².